The molecule has 0 amide bonds. The first-order valence-corrected chi connectivity index (χ1v) is 5.74. The van der Waals surface area contributed by atoms with E-state index in [0.29, 0.717) is 11.5 Å². The molecule has 0 radical (unpaired) electrons. The van der Waals surface area contributed by atoms with Crippen LogP contribution in [0.25, 0.3) is 0 Å². The summed E-state index contributed by atoms with van der Waals surface area (Å²) in [5.74, 6) is 1.34. The summed E-state index contributed by atoms with van der Waals surface area (Å²) < 4.78 is 10.4. The maximum atomic E-state index is 8.26. The molecule has 0 aliphatic carbocycles. The van der Waals surface area contributed by atoms with E-state index < -0.39 is 6.10 Å². The Morgan fingerprint density at radius 1 is 0.833 bits per heavy atom. The SMILES string of the molecule is COc1ccc([C@@H]([OH2+])c2ccccc2)cc1OC. The number of ether oxygens (including phenoxy) is 2. The molecule has 0 aliphatic rings. The highest BCUT2D eigenvalue weighted by atomic mass is 16.5. The van der Waals surface area contributed by atoms with Crippen molar-refractivity contribution >= 4 is 0 Å². The van der Waals surface area contributed by atoms with Crippen LogP contribution in [0.15, 0.2) is 48.5 Å². The minimum Gasteiger partial charge on any atom is -0.493 e. The van der Waals surface area contributed by atoms with Gasteiger partial charge in [-0.25, -0.2) is 0 Å². The molecular weight excluding hydrogens is 228 g/mol. The van der Waals surface area contributed by atoms with E-state index in [1.807, 2.05) is 48.5 Å². The van der Waals surface area contributed by atoms with Crippen LogP contribution in [0.3, 0.4) is 0 Å². The van der Waals surface area contributed by atoms with Crippen LogP contribution in [-0.4, -0.2) is 19.3 Å². The van der Waals surface area contributed by atoms with Crippen LogP contribution in [0, 0.1) is 0 Å². The second-order valence-corrected chi connectivity index (χ2v) is 3.96. The first kappa shape index (κ1) is 12.5. The van der Waals surface area contributed by atoms with E-state index in [2.05, 4.69) is 0 Å². The Hall–Kier alpha value is -2.00. The van der Waals surface area contributed by atoms with Gasteiger partial charge in [0.1, 0.15) is 0 Å². The van der Waals surface area contributed by atoms with Crippen molar-refractivity contribution in [3.8, 4) is 11.5 Å². The molecule has 0 saturated carbocycles. The Kier molecular flexibility index (Phi) is 3.85. The number of benzene rings is 2. The fourth-order valence-electron chi connectivity index (χ4n) is 1.87. The maximum Gasteiger partial charge on any atom is 0.206 e. The highest BCUT2D eigenvalue weighted by Crippen LogP contribution is 2.31. The van der Waals surface area contributed by atoms with Gasteiger partial charge in [-0.2, -0.15) is 0 Å². The molecule has 0 spiro atoms. The van der Waals surface area contributed by atoms with Crippen LogP contribution in [0.5, 0.6) is 11.5 Å². The summed E-state index contributed by atoms with van der Waals surface area (Å²) in [4.78, 5) is 0. The maximum absolute atomic E-state index is 8.26. The average molecular weight is 245 g/mol. The topological polar surface area (TPSA) is 41.4 Å². The third kappa shape index (κ3) is 2.46. The average Bonchev–Trinajstić information content (AvgIpc) is 2.46. The summed E-state index contributed by atoms with van der Waals surface area (Å²) in [5, 5.41) is 8.26. The third-order valence-corrected chi connectivity index (χ3v) is 2.87. The van der Waals surface area contributed by atoms with Gasteiger partial charge in [-0.3, -0.25) is 0 Å². The van der Waals surface area contributed by atoms with Crippen molar-refractivity contribution < 1.29 is 14.6 Å². The Labute approximate surface area is 107 Å². The molecule has 18 heavy (non-hydrogen) atoms. The molecule has 3 heteroatoms. The van der Waals surface area contributed by atoms with Crippen LogP contribution < -0.4 is 9.47 Å². The van der Waals surface area contributed by atoms with Gasteiger partial charge >= 0.3 is 0 Å². The lowest BCUT2D eigenvalue weighted by molar-refractivity contribution is 0.219. The zero-order valence-electron chi connectivity index (χ0n) is 10.5. The standard InChI is InChI=1S/C15H16O3/c1-17-13-9-8-12(10-14(13)18-2)15(16)11-6-4-3-5-7-11/h3-10,15-16H,1-2H3/p+1/t15-/m0/s1. The van der Waals surface area contributed by atoms with E-state index in [1.54, 1.807) is 14.2 Å². The summed E-state index contributed by atoms with van der Waals surface area (Å²) in [6.07, 6.45) is -0.411. The molecule has 0 unspecified atom stereocenters. The van der Waals surface area contributed by atoms with Crippen LogP contribution in [0.4, 0.5) is 0 Å². The van der Waals surface area contributed by atoms with Gasteiger partial charge < -0.3 is 14.6 Å². The molecule has 0 fully saturated rings. The van der Waals surface area contributed by atoms with Gasteiger partial charge in [0, 0.05) is 11.1 Å². The Morgan fingerprint density at radius 2 is 1.50 bits per heavy atom. The summed E-state index contributed by atoms with van der Waals surface area (Å²) >= 11 is 0. The van der Waals surface area contributed by atoms with Crippen LogP contribution in [0.2, 0.25) is 0 Å². The molecule has 2 rings (SSSR count). The molecule has 2 N–H and O–H groups in total. The van der Waals surface area contributed by atoms with Crippen molar-refractivity contribution in [2.45, 2.75) is 6.10 Å². The molecule has 0 aromatic heterocycles. The van der Waals surface area contributed by atoms with Crippen LogP contribution >= 0.6 is 0 Å². The lowest BCUT2D eigenvalue weighted by Crippen LogP contribution is -2.00. The fourth-order valence-corrected chi connectivity index (χ4v) is 1.87. The van der Waals surface area contributed by atoms with Gasteiger partial charge in [0.15, 0.2) is 11.5 Å². The highest BCUT2D eigenvalue weighted by molar-refractivity contribution is 5.45. The van der Waals surface area contributed by atoms with Gasteiger partial charge in [-0.1, -0.05) is 30.3 Å². The van der Waals surface area contributed by atoms with Gasteiger partial charge in [0.05, 0.1) is 14.2 Å². The zero-order chi connectivity index (χ0) is 13.0. The number of hydrogen-bond acceptors (Lipinski definition) is 2. The summed E-state index contributed by atoms with van der Waals surface area (Å²) in [6.45, 7) is 0. The van der Waals surface area contributed by atoms with Crippen molar-refractivity contribution in [1.82, 2.24) is 0 Å². The van der Waals surface area contributed by atoms with Gasteiger partial charge in [0.25, 0.3) is 0 Å². The van der Waals surface area contributed by atoms with E-state index in [0.717, 1.165) is 11.1 Å². The highest BCUT2D eigenvalue weighted by Gasteiger charge is 2.16. The van der Waals surface area contributed by atoms with E-state index >= 15 is 0 Å². The van der Waals surface area contributed by atoms with Gasteiger partial charge in [-0.15, -0.1) is 0 Å². The van der Waals surface area contributed by atoms with Crippen molar-refractivity contribution in [1.29, 1.82) is 0 Å². The van der Waals surface area contributed by atoms with E-state index in [9.17, 15) is 0 Å². The molecule has 2 aromatic carbocycles. The summed E-state index contributed by atoms with van der Waals surface area (Å²) in [5.41, 5.74) is 1.85. The first-order chi connectivity index (χ1) is 8.76. The van der Waals surface area contributed by atoms with E-state index in [4.69, 9.17) is 14.6 Å². The largest absolute Gasteiger partial charge is 0.493 e. The van der Waals surface area contributed by atoms with Gasteiger partial charge in [0.2, 0.25) is 6.10 Å². The van der Waals surface area contributed by atoms with E-state index in [1.165, 1.54) is 0 Å². The Morgan fingerprint density at radius 3 is 2.11 bits per heavy atom. The normalized spacial score (nSPS) is 11.9. The van der Waals surface area contributed by atoms with Crippen molar-refractivity contribution in [3.05, 3.63) is 59.7 Å². The molecular formula is C15H17O3+. The van der Waals surface area contributed by atoms with Crippen molar-refractivity contribution in [2.75, 3.05) is 14.2 Å². The second kappa shape index (κ2) is 5.56. The van der Waals surface area contributed by atoms with Crippen LogP contribution in [-0.2, 0) is 0 Å². The number of methoxy groups -OCH3 is 2. The van der Waals surface area contributed by atoms with Crippen molar-refractivity contribution in [2.24, 2.45) is 0 Å². The monoisotopic (exact) mass is 245 g/mol. The predicted molar refractivity (Wildman–Crippen MR) is 71.4 cm³/mol. The first-order valence-electron chi connectivity index (χ1n) is 5.74. The molecule has 0 aliphatic heterocycles. The Bertz CT molecular complexity index is 508. The van der Waals surface area contributed by atoms with Crippen LogP contribution in [0.1, 0.15) is 17.2 Å². The smallest absolute Gasteiger partial charge is 0.206 e. The minimum absolute atomic E-state index is 0.411. The zero-order valence-corrected chi connectivity index (χ0v) is 10.5. The molecule has 3 nitrogen and oxygen atoms in total. The fraction of sp³-hybridized carbons (Fsp3) is 0.200. The molecule has 2 aromatic rings. The van der Waals surface area contributed by atoms with Crippen molar-refractivity contribution in [3.63, 3.8) is 0 Å². The molecule has 1 atom stereocenters. The molecule has 94 valence electrons. The lowest BCUT2D eigenvalue weighted by atomic mass is 10.0. The number of rotatable bonds is 4. The summed E-state index contributed by atoms with van der Waals surface area (Å²) in [6, 6.07) is 15.3. The Balaban J connectivity index is 2.34. The third-order valence-electron chi connectivity index (χ3n) is 2.87. The number of hydrogen-bond donors (Lipinski definition) is 0. The quantitative estimate of drug-likeness (QED) is 0.777. The minimum atomic E-state index is -0.411. The molecule has 0 saturated heterocycles. The predicted octanol–water partition coefficient (Wildman–Crippen LogP) is 2.52. The second-order valence-electron chi connectivity index (χ2n) is 3.96. The lowest BCUT2D eigenvalue weighted by Gasteiger charge is -2.11. The van der Waals surface area contributed by atoms with E-state index in [-0.39, 0.29) is 0 Å². The molecule has 0 heterocycles. The van der Waals surface area contributed by atoms with Gasteiger partial charge in [-0.05, 0) is 18.2 Å². The molecule has 0 bridgehead atoms. The summed E-state index contributed by atoms with van der Waals surface area (Å²) in [7, 11) is 3.20.